The van der Waals surface area contributed by atoms with E-state index >= 15 is 0 Å². The van der Waals surface area contributed by atoms with Gasteiger partial charge in [-0.05, 0) is 30.3 Å². The van der Waals surface area contributed by atoms with Crippen molar-refractivity contribution in [3.63, 3.8) is 0 Å². The van der Waals surface area contributed by atoms with E-state index in [4.69, 9.17) is 0 Å². The van der Waals surface area contributed by atoms with Crippen LogP contribution in [-0.4, -0.2) is 31.4 Å². The topological polar surface area (TPSA) is 96.5 Å². The molecule has 7 nitrogen and oxygen atoms in total. The highest BCUT2D eigenvalue weighted by Crippen LogP contribution is 2.20. The van der Waals surface area contributed by atoms with Crippen molar-refractivity contribution in [3.05, 3.63) is 53.8 Å². The zero-order valence-electron chi connectivity index (χ0n) is 14.3. The highest BCUT2D eigenvalue weighted by atomic mass is 19.1. The first-order valence-corrected chi connectivity index (χ1v) is 7.69. The van der Waals surface area contributed by atoms with E-state index in [0.29, 0.717) is 11.4 Å². The van der Waals surface area contributed by atoms with Gasteiger partial charge in [-0.15, -0.1) is 0 Å². The molecule has 2 amide bonds. The summed E-state index contributed by atoms with van der Waals surface area (Å²) in [5.41, 5.74) is 0.964. The molecule has 136 valence electrons. The van der Waals surface area contributed by atoms with Crippen LogP contribution in [0.25, 0.3) is 0 Å². The Hall–Kier alpha value is -3.42. The summed E-state index contributed by atoms with van der Waals surface area (Å²) >= 11 is 0. The molecule has 0 aromatic heterocycles. The van der Waals surface area contributed by atoms with Crippen LogP contribution in [0.4, 0.5) is 21.5 Å². The number of hydrogen-bond donors (Lipinski definition) is 3. The normalized spacial score (nSPS) is 9.96. The van der Waals surface area contributed by atoms with Crippen molar-refractivity contribution in [2.24, 2.45) is 0 Å². The minimum absolute atomic E-state index is 0.0626. The van der Waals surface area contributed by atoms with Crippen LogP contribution < -0.4 is 16.0 Å². The summed E-state index contributed by atoms with van der Waals surface area (Å²) in [4.78, 5) is 34.9. The van der Waals surface area contributed by atoms with Gasteiger partial charge in [0.1, 0.15) is 5.82 Å². The average molecular weight is 359 g/mol. The summed E-state index contributed by atoms with van der Waals surface area (Å²) < 4.78 is 18.5. The molecule has 0 atom stereocenters. The monoisotopic (exact) mass is 359 g/mol. The molecule has 0 fully saturated rings. The number of benzene rings is 2. The third-order valence-corrected chi connectivity index (χ3v) is 3.33. The molecule has 0 spiro atoms. The first-order chi connectivity index (χ1) is 12.4. The summed E-state index contributed by atoms with van der Waals surface area (Å²) in [6.45, 7) is 1.10. The summed E-state index contributed by atoms with van der Waals surface area (Å²) in [5, 5.41) is 7.75. The van der Waals surface area contributed by atoms with E-state index in [1.54, 1.807) is 18.2 Å². The Bertz CT molecular complexity index is 839. The standard InChI is InChI=1S/C18H18FN3O4/c1-11(23)21-12-7-8-14(19)16(9-12)20-10-17(24)22-15-6-4-3-5-13(15)18(25)26-2/h3-9,20H,10H2,1-2H3,(H,21,23)(H,22,24). The van der Waals surface area contributed by atoms with Crippen LogP contribution >= 0.6 is 0 Å². The number of ether oxygens (including phenoxy) is 1. The molecular weight excluding hydrogens is 341 g/mol. The minimum Gasteiger partial charge on any atom is -0.465 e. The lowest BCUT2D eigenvalue weighted by Gasteiger charge is -2.12. The van der Waals surface area contributed by atoms with E-state index in [2.05, 4.69) is 20.7 Å². The Morgan fingerprint density at radius 2 is 1.77 bits per heavy atom. The van der Waals surface area contributed by atoms with Gasteiger partial charge in [0.25, 0.3) is 0 Å². The lowest BCUT2D eigenvalue weighted by Crippen LogP contribution is -2.23. The van der Waals surface area contributed by atoms with Gasteiger partial charge in [0.15, 0.2) is 0 Å². The molecule has 2 aromatic carbocycles. The predicted octanol–water partition coefficient (Wildman–Crippen LogP) is 2.62. The fraction of sp³-hybridized carbons (Fsp3) is 0.167. The van der Waals surface area contributed by atoms with Gasteiger partial charge in [-0.25, -0.2) is 9.18 Å². The van der Waals surface area contributed by atoms with Crippen LogP contribution in [0.2, 0.25) is 0 Å². The molecule has 0 bridgehead atoms. The van der Waals surface area contributed by atoms with Crippen molar-refractivity contribution in [3.8, 4) is 0 Å². The van der Waals surface area contributed by atoms with Crippen molar-refractivity contribution in [1.82, 2.24) is 0 Å². The second kappa shape index (κ2) is 8.61. The van der Waals surface area contributed by atoms with Gasteiger partial charge < -0.3 is 20.7 Å². The molecule has 0 saturated carbocycles. The number of carbonyl (C=O) groups excluding carboxylic acids is 3. The summed E-state index contributed by atoms with van der Waals surface area (Å²) in [6.07, 6.45) is 0. The Morgan fingerprint density at radius 1 is 1.04 bits per heavy atom. The maximum atomic E-state index is 13.8. The molecule has 0 saturated heterocycles. The Kier molecular flexibility index (Phi) is 6.26. The van der Waals surface area contributed by atoms with Crippen LogP contribution in [0, 0.1) is 5.82 Å². The third-order valence-electron chi connectivity index (χ3n) is 3.33. The van der Waals surface area contributed by atoms with E-state index in [0.717, 1.165) is 0 Å². The molecule has 3 N–H and O–H groups in total. The average Bonchev–Trinajstić information content (AvgIpc) is 2.61. The van der Waals surface area contributed by atoms with Crippen molar-refractivity contribution >= 4 is 34.8 Å². The second-order valence-electron chi connectivity index (χ2n) is 5.31. The molecule has 2 rings (SSSR count). The van der Waals surface area contributed by atoms with Crippen LogP contribution in [0.15, 0.2) is 42.5 Å². The SMILES string of the molecule is COC(=O)c1ccccc1NC(=O)CNc1cc(NC(C)=O)ccc1F. The van der Waals surface area contributed by atoms with E-state index in [1.165, 1.54) is 38.3 Å². The molecular formula is C18H18FN3O4. The van der Waals surface area contributed by atoms with E-state index in [-0.39, 0.29) is 23.7 Å². The first kappa shape index (κ1) is 18.9. The number of amides is 2. The molecule has 0 aliphatic rings. The predicted molar refractivity (Wildman–Crippen MR) is 95.6 cm³/mol. The van der Waals surface area contributed by atoms with Gasteiger partial charge >= 0.3 is 5.97 Å². The van der Waals surface area contributed by atoms with Crippen LogP contribution in [0.3, 0.4) is 0 Å². The van der Waals surface area contributed by atoms with Crippen LogP contribution in [-0.2, 0) is 14.3 Å². The van der Waals surface area contributed by atoms with E-state index in [9.17, 15) is 18.8 Å². The fourth-order valence-corrected chi connectivity index (χ4v) is 2.19. The zero-order valence-corrected chi connectivity index (χ0v) is 14.3. The molecule has 0 aliphatic heterocycles. The minimum atomic E-state index is -0.581. The first-order valence-electron chi connectivity index (χ1n) is 7.69. The molecule has 8 heteroatoms. The highest BCUT2D eigenvalue weighted by molar-refractivity contribution is 6.02. The van der Waals surface area contributed by atoms with Gasteiger partial charge in [0, 0.05) is 12.6 Å². The Morgan fingerprint density at radius 3 is 2.46 bits per heavy atom. The number of nitrogens with one attached hydrogen (secondary N) is 3. The largest absolute Gasteiger partial charge is 0.465 e. The number of rotatable bonds is 6. The Labute approximate surface area is 149 Å². The molecule has 0 heterocycles. The summed E-state index contributed by atoms with van der Waals surface area (Å²) in [6, 6.07) is 10.3. The maximum absolute atomic E-state index is 13.8. The summed E-state index contributed by atoms with van der Waals surface area (Å²) in [5.74, 6) is -1.92. The van der Waals surface area contributed by atoms with Crippen molar-refractivity contribution in [2.75, 3.05) is 29.6 Å². The second-order valence-corrected chi connectivity index (χ2v) is 5.31. The molecule has 0 aliphatic carbocycles. The van der Waals surface area contributed by atoms with Gasteiger partial charge in [-0.2, -0.15) is 0 Å². The number of anilines is 3. The van der Waals surface area contributed by atoms with Gasteiger partial charge in [-0.3, -0.25) is 9.59 Å². The zero-order chi connectivity index (χ0) is 19.1. The van der Waals surface area contributed by atoms with Crippen molar-refractivity contribution in [2.45, 2.75) is 6.92 Å². The fourth-order valence-electron chi connectivity index (χ4n) is 2.19. The van der Waals surface area contributed by atoms with Gasteiger partial charge in [-0.1, -0.05) is 12.1 Å². The van der Waals surface area contributed by atoms with Crippen molar-refractivity contribution in [1.29, 1.82) is 0 Å². The lowest BCUT2D eigenvalue weighted by molar-refractivity contribution is -0.115. The molecule has 26 heavy (non-hydrogen) atoms. The van der Waals surface area contributed by atoms with Crippen molar-refractivity contribution < 1.29 is 23.5 Å². The van der Waals surface area contributed by atoms with E-state index < -0.39 is 17.7 Å². The molecule has 0 radical (unpaired) electrons. The number of halogens is 1. The maximum Gasteiger partial charge on any atom is 0.339 e. The number of carbonyl (C=O) groups is 3. The van der Waals surface area contributed by atoms with Gasteiger partial charge in [0.2, 0.25) is 11.8 Å². The van der Waals surface area contributed by atoms with Crippen LogP contribution in [0.1, 0.15) is 17.3 Å². The van der Waals surface area contributed by atoms with Gasteiger partial charge in [0.05, 0.1) is 30.6 Å². The lowest BCUT2D eigenvalue weighted by atomic mass is 10.2. The molecule has 0 unspecified atom stereocenters. The number of para-hydroxylation sites is 1. The summed E-state index contributed by atoms with van der Waals surface area (Å²) in [7, 11) is 1.24. The van der Waals surface area contributed by atoms with E-state index in [1.807, 2.05) is 0 Å². The number of methoxy groups -OCH3 is 1. The third kappa shape index (κ3) is 5.04. The number of hydrogen-bond acceptors (Lipinski definition) is 5. The Balaban J connectivity index is 2.04. The smallest absolute Gasteiger partial charge is 0.339 e. The van der Waals surface area contributed by atoms with Crippen LogP contribution in [0.5, 0.6) is 0 Å². The highest BCUT2D eigenvalue weighted by Gasteiger charge is 2.13. The number of esters is 1. The quantitative estimate of drug-likeness (QED) is 0.689. The molecule has 2 aromatic rings.